The van der Waals surface area contributed by atoms with Crippen LogP contribution in [0.25, 0.3) is 0 Å². The van der Waals surface area contributed by atoms with Crippen molar-refractivity contribution in [3.05, 3.63) is 47.3 Å². The molecule has 0 saturated carbocycles. The van der Waals surface area contributed by atoms with E-state index >= 15 is 0 Å². The molecule has 1 aliphatic rings. The highest BCUT2D eigenvalue weighted by atomic mass is 16.5. The largest absolute Gasteiger partial charge is 0.492 e. The molecule has 1 aliphatic heterocycles. The Morgan fingerprint density at radius 2 is 1.74 bits per heavy atom. The van der Waals surface area contributed by atoms with Crippen molar-refractivity contribution in [2.45, 2.75) is 20.4 Å². The van der Waals surface area contributed by atoms with Gasteiger partial charge in [-0.1, -0.05) is 22.9 Å². The van der Waals surface area contributed by atoms with E-state index < -0.39 is 0 Å². The number of ether oxygens (including phenoxy) is 1. The molecular weight excluding hydrogens is 290 g/mol. The molecule has 0 atom stereocenters. The third-order valence-electron chi connectivity index (χ3n) is 4.22. The van der Waals surface area contributed by atoms with E-state index in [1.54, 1.807) is 0 Å². The Labute approximate surface area is 137 Å². The van der Waals surface area contributed by atoms with Crippen LogP contribution in [0.3, 0.4) is 0 Å². The smallest absolute Gasteiger partial charge is 0.133 e. The van der Waals surface area contributed by atoms with Gasteiger partial charge in [-0.3, -0.25) is 9.80 Å². The number of aryl methyl sites for hydroxylation is 2. The van der Waals surface area contributed by atoms with E-state index in [0.29, 0.717) is 0 Å². The van der Waals surface area contributed by atoms with E-state index in [1.165, 1.54) is 5.56 Å². The summed E-state index contributed by atoms with van der Waals surface area (Å²) in [5.41, 5.74) is 2.29. The minimum absolute atomic E-state index is 0.742. The fraction of sp³-hybridized carbons (Fsp3) is 0.500. The number of hydrogen-bond acceptors (Lipinski definition) is 5. The van der Waals surface area contributed by atoms with Crippen molar-refractivity contribution < 1.29 is 9.26 Å². The first-order valence-electron chi connectivity index (χ1n) is 8.25. The lowest BCUT2D eigenvalue weighted by Gasteiger charge is -2.34. The van der Waals surface area contributed by atoms with E-state index in [0.717, 1.165) is 63.1 Å². The van der Waals surface area contributed by atoms with Crippen LogP contribution in [0.1, 0.15) is 17.0 Å². The van der Waals surface area contributed by atoms with Gasteiger partial charge in [-0.25, -0.2) is 0 Å². The van der Waals surface area contributed by atoms with Gasteiger partial charge in [0.05, 0.1) is 5.69 Å². The molecule has 0 amide bonds. The fourth-order valence-electron chi connectivity index (χ4n) is 2.82. The van der Waals surface area contributed by atoms with Crippen molar-refractivity contribution in [1.29, 1.82) is 0 Å². The third-order valence-corrected chi connectivity index (χ3v) is 4.22. The molecule has 1 aromatic carbocycles. The van der Waals surface area contributed by atoms with E-state index in [4.69, 9.17) is 9.26 Å². The molecule has 0 aliphatic carbocycles. The van der Waals surface area contributed by atoms with Crippen LogP contribution < -0.4 is 4.74 Å². The van der Waals surface area contributed by atoms with Crippen LogP contribution in [-0.4, -0.2) is 54.3 Å². The van der Waals surface area contributed by atoms with Crippen molar-refractivity contribution in [3.8, 4) is 5.75 Å². The summed E-state index contributed by atoms with van der Waals surface area (Å²) in [5, 5.41) is 4.07. The SMILES string of the molecule is Cc1ccc(OCCN2CCN(Cc3cc(C)on3)CC2)cc1. The Balaban J connectivity index is 1.35. The number of aromatic nitrogens is 1. The Bertz CT molecular complexity index is 601. The molecule has 0 N–H and O–H groups in total. The topological polar surface area (TPSA) is 41.7 Å². The van der Waals surface area contributed by atoms with Crippen LogP contribution >= 0.6 is 0 Å². The maximum absolute atomic E-state index is 5.81. The zero-order valence-electron chi connectivity index (χ0n) is 14.0. The van der Waals surface area contributed by atoms with Gasteiger partial charge in [0.2, 0.25) is 0 Å². The summed E-state index contributed by atoms with van der Waals surface area (Å²) >= 11 is 0. The van der Waals surface area contributed by atoms with Gasteiger partial charge in [-0.2, -0.15) is 0 Å². The number of benzene rings is 1. The van der Waals surface area contributed by atoms with Gasteiger partial charge in [0.15, 0.2) is 0 Å². The molecule has 23 heavy (non-hydrogen) atoms. The average molecular weight is 315 g/mol. The van der Waals surface area contributed by atoms with Crippen molar-refractivity contribution in [1.82, 2.24) is 15.0 Å². The second-order valence-electron chi connectivity index (χ2n) is 6.21. The molecule has 0 bridgehead atoms. The summed E-state index contributed by atoms with van der Waals surface area (Å²) in [4.78, 5) is 4.88. The first-order chi connectivity index (χ1) is 11.2. The Hall–Kier alpha value is -1.85. The molecule has 5 nitrogen and oxygen atoms in total. The van der Waals surface area contributed by atoms with E-state index in [-0.39, 0.29) is 0 Å². The first kappa shape index (κ1) is 16.0. The summed E-state index contributed by atoms with van der Waals surface area (Å²) in [6, 6.07) is 10.3. The lowest BCUT2D eigenvalue weighted by Crippen LogP contribution is -2.47. The van der Waals surface area contributed by atoms with Crippen molar-refractivity contribution in [2.75, 3.05) is 39.3 Å². The summed E-state index contributed by atoms with van der Waals surface area (Å²) in [6.07, 6.45) is 0. The zero-order valence-corrected chi connectivity index (χ0v) is 14.0. The van der Waals surface area contributed by atoms with Crippen molar-refractivity contribution in [3.63, 3.8) is 0 Å². The lowest BCUT2D eigenvalue weighted by molar-refractivity contribution is 0.111. The highest BCUT2D eigenvalue weighted by Crippen LogP contribution is 2.12. The second-order valence-corrected chi connectivity index (χ2v) is 6.21. The normalized spacial score (nSPS) is 16.6. The van der Waals surface area contributed by atoms with Gasteiger partial charge in [0, 0.05) is 45.3 Å². The van der Waals surface area contributed by atoms with Crippen molar-refractivity contribution in [2.24, 2.45) is 0 Å². The minimum atomic E-state index is 0.742. The van der Waals surface area contributed by atoms with Crippen LogP contribution in [0.5, 0.6) is 5.75 Å². The molecule has 2 aromatic rings. The highest BCUT2D eigenvalue weighted by molar-refractivity contribution is 5.26. The molecule has 124 valence electrons. The van der Waals surface area contributed by atoms with Crippen molar-refractivity contribution >= 4 is 0 Å². The Morgan fingerprint density at radius 1 is 1.04 bits per heavy atom. The lowest BCUT2D eigenvalue weighted by atomic mass is 10.2. The van der Waals surface area contributed by atoms with Gasteiger partial charge >= 0.3 is 0 Å². The molecule has 5 heteroatoms. The predicted octanol–water partition coefficient (Wildman–Crippen LogP) is 2.49. The van der Waals surface area contributed by atoms with E-state index in [2.05, 4.69) is 34.0 Å². The number of rotatable bonds is 6. The first-order valence-corrected chi connectivity index (χ1v) is 8.25. The molecule has 0 radical (unpaired) electrons. The molecule has 1 fully saturated rings. The van der Waals surface area contributed by atoms with Crippen LogP contribution in [0.2, 0.25) is 0 Å². The molecule has 1 saturated heterocycles. The number of piperazine rings is 1. The third kappa shape index (κ3) is 4.81. The summed E-state index contributed by atoms with van der Waals surface area (Å²) in [5.74, 6) is 1.84. The average Bonchev–Trinajstić information content (AvgIpc) is 2.96. The Kier molecular flexibility index (Phi) is 5.31. The van der Waals surface area contributed by atoms with Crippen LogP contribution in [0.4, 0.5) is 0 Å². The number of hydrogen-bond donors (Lipinski definition) is 0. The van der Waals surface area contributed by atoms with Gasteiger partial charge < -0.3 is 9.26 Å². The zero-order chi connectivity index (χ0) is 16.1. The van der Waals surface area contributed by atoms with Gasteiger partial charge in [-0.05, 0) is 26.0 Å². The maximum Gasteiger partial charge on any atom is 0.133 e. The fourth-order valence-corrected chi connectivity index (χ4v) is 2.82. The van der Waals surface area contributed by atoms with Crippen LogP contribution in [-0.2, 0) is 6.54 Å². The standard InChI is InChI=1S/C18H25N3O2/c1-15-3-5-18(6-4-15)22-12-11-20-7-9-21(10-8-20)14-17-13-16(2)23-19-17/h3-6,13H,7-12,14H2,1-2H3. The monoisotopic (exact) mass is 315 g/mol. The second kappa shape index (κ2) is 7.62. The molecule has 2 heterocycles. The molecule has 0 spiro atoms. The Morgan fingerprint density at radius 3 is 2.39 bits per heavy atom. The molecular formula is C18H25N3O2. The summed E-state index contributed by atoms with van der Waals surface area (Å²) in [7, 11) is 0. The van der Waals surface area contributed by atoms with Crippen LogP contribution in [0, 0.1) is 13.8 Å². The highest BCUT2D eigenvalue weighted by Gasteiger charge is 2.17. The number of nitrogens with zero attached hydrogens (tertiary/aromatic N) is 3. The summed E-state index contributed by atoms with van der Waals surface area (Å²) < 4.78 is 10.9. The molecule has 3 rings (SSSR count). The molecule has 0 unspecified atom stereocenters. The van der Waals surface area contributed by atoms with E-state index in [1.807, 2.05) is 25.1 Å². The predicted molar refractivity (Wildman–Crippen MR) is 89.6 cm³/mol. The maximum atomic E-state index is 5.81. The molecule has 1 aromatic heterocycles. The van der Waals surface area contributed by atoms with Crippen LogP contribution in [0.15, 0.2) is 34.9 Å². The van der Waals surface area contributed by atoms with E-state index in [9.17, 15) is 0 Å². The van der Waals surface area contributed by atoms with Gasteiger partial charge in [0.25, 0.3) is 0 Å². The quantitative estimate of drug-likeness (QED) is 0.819. The van der Waals surface area contributed by atoms with Gasteiger partial charge in [-0.15, -0.1) is 0 Å². The van der Waals surface area contributed by atoms with Gasteiger partial charge in [0.1, 0.15) is 18.1 Å². The summed E-state index contributed by atoms with van der Waals surface area (Å²) in [6.45, 7) is 10.9. The minimum Gasteiger partial charge on any atom is -0.492 e.